The Morgan fingerprint density at radius 3 is 2.25 bits per heavy atom. The molecule has 3 heteroatoms. The molecule has 0 aromatic heterocycles. The predicted molar refractivity (Wildman–Crippen MR) is 110 cm³/mol. The van der Waals surface area contributed by atoms with E-state index in [9.17, 15) is 13.2 Å². The third kappa shape index (κ3) is 5.64. The second-order valence-electron chi connectivity index (χ2n) is 9.00. The Kier molecular flexibility index (Phi) is 8.05. The molecule has 0 radical (unpaired) electrons. The Morgan fingerprint density at radius 1 is 0.857 bits per heavy atom. The molecule has 0 bridgehead atoms. The lowest BCUT2D eigenvalue weighted by Gasteiger charge is -2.29. The minimum Gasteiger partial charge on any atom is -0.204 e. The van der Waals surface area contributed by atoms with Gasteiger partial charge in [-0.2, -0.15) is 0 Å². The van der Waals surface area contributed by atoms with Crippen molar-refractivity contribution in [2.24, 2.45) is 11.8 Å². The molecule has 0 spiro atoms. The number of hydrogen-bond acceptors (Lipinski definition) is 0. The summed E-state index contributed by atoms with van der Waals surface area (Å²) in [6.45, 7) is 2.26. The number of allylic oxidation sites excluding steroid dienone is 2. The quantitative estimate of drug-likeness (QED) is 0.226. The molecule has 0 atom stereocenters. The van der Waals surface area contributed by atoms with Crippen molar-refractivity contribution in [1.29, 1.82) is 0 Å². The van der Waals surface area contributed by atoms with Crippen LogP contribution < -0.4 is 0 Å². The Bertz CT molecular complexity index is 669. The Balaban J connectivity index is 1.38. The smallest absolute Gasteiger partial charge is 0.194 e. The summed E-state index contributed by atoms with van der Waals surface area (Å²) in [5.41, 5.74) is 2.22. The van der Waals surface area contributed by atoms with E-state index < -0.39 is 17.5 Å². The third-order valence-electron chi connectivity index (χ3n) is 6.92. The SMILES string of the molecule is CCCCCCCC1CCC(CCC2=CCc3c(cc(F)c(F)c3F)C2)CC1. The zero-order valence-electron chi connectivity index (χ0n) is 17.3. The van der Waals surface area contributed by atoms with Crippen LogP contribution >= 0.6 is 0 Å². The zero-order valence-corrected chi connectivity index (χ0v) is 17.3. The molecule has 28 heavy (non-hydrogen) atoms. The number of fused-ring (bicyclic) bond motifs is 1. The average molecular weight is 393 g/mol. The van der Waals surface area contributed by atoms with Gasteiger partial charge in [0.1, 0.15) is 0 Å². The molecule has 0 unspecified atom stereocenters. The summed E-state index contributed by atoms with van der Waals surface area (Å²) in [4.78, 5) is 0. The van der Waals surface area contributed by atoms with Gasteiger partial charge in [-0.25, -0.2) is 13.2 Å². The summed E-state index contributed by atoms with van der Waals surface area (Å²) >= 11 is 0. The molecule has 2 aliphatic carbocycles. The Hall–Kier alpha value is -1.25. The van der Waals surface area contributed by atoms with Crippen LogP contribution in [0.5, 0.6) is 0 Å². The van der Waals surface area contributed by atoms with Crippen LogP contribution in [0.15, 0.2) is 17.7 Å². The minimum absolute atomic E-state index is 0.335. The van der Waals surface area contributed by atoms with Crippen LogP contribution in [0.4, 0.5) is 13.2 Å². The van der Waals surface area contributed by atoms with E-state index in [1.165, 1.54) is 82.3 Å². The summed E-state index contributed by atoms with van der Waals surface area (Å²) in [5.74, 6) is -1.68. The number of benzene rings is 1. The van der Waals surface area contributed by atoms with Crippen molar-refractivity contribution in [2.45, 2.75) is 96.8 Å². The highest BCUT2D eigenvalue weighted by atomic mass is 19.2. The fourth-order valence-corrected chi connectivity index (χ4v) is 5.05. The number of halogens is 3. The monoisotopic (exact) mass is 392 g/mol. The van der Waals surface area contributed by atoms with Gasteiger partial charge in [0.2, 0.25) is 0 Å². The summed E-state index contributed by atoms with van der Waals surface area (Å²) < 4.78 is 40.8. The maximum absolute atomic E-state index is 13.9. The predicted octanol–water partition coefficient (Wildman–Crippen LogP) is 8.08. The standard InChI is InChI=1S/C25H35F3/c1-2-3-4-5-6-7-18-8-10-19(11-9-18)12-13-20-14-15-22-21(16-20)17-23(26)25(28)24(22)27/h14,17-19H,2-13,15-16H2,1H3. The van der Waals surface area contributed by atoms with Crippen molar-refractivity contribution >= 4 is 0 Å². The molecular formula is C25H35F3. The molecule has 1 saturated carbocycles. The van der Waals surface area contributed by atoms with E-state index in [2.05, 4.69) is 6.92 Å². The molecular weight excluding hydrogens is 357 g/mol. The molecule has 0 saturated heterocycles. The molecule has 0 heterocycles. The van der Waals surface area contributed by atoms with Crippen LogP contribution in [-0.4, -0.2) is 0 Å². The lowest BCUT2D eigenvalue weighted by Crippen LogP contribution is -2.15. The molecule has 1 fully saturated rings. The molecule has 1 aromatic carbocycles. The maximum atomic E-state index is 13.9. The van der Waals surface area contributed by atoms with Gasteiger partial charge in [0.15, 0.2) is 17.5 Å². The fourth-order valence-electron chi connectivity index (χ4n) is 5.05. The summed E-state index contributed by atoms with van der Waals surface area (Å²) in [6, 6.07) is 1.19. The van der Waals surface area contributed by atoms with Crippen molar-refractivity contribution in [2.75, 3.05) is 0 Å². The van der Waals surface area contributed by atoms with Crippen LogP contribution in [0.3, 0.4) is 0 Å². The second-order valence-corrected chi connectivity index (χ2v) is 9.00. The van der Waals surface area contributed by atoms with E-state index in [1.54, 1.807) is 0 Å². The van der Waals surface area contributed by atoms with Crippen molar-refractivity contribution in [3.63, 3.8) is 0 Å². The van der Waals surface area contributed by atoms with E-state index in [0.29, 0.717) is 24.0 Å². The van der Waals surface area contributed by atoms with Gasteiger partial charge in [0.05, 0.1) is 0 Å². The van der Waals surface area contributed by atoms with Gasteiger partial charge in [0.25, 0.3) is 0 Å². The van der Waals surface area contributed by atoms with E-state index in [-0.39, 0.29) is 0 Å². The molecule has 0 amide bonds. The van der Waals surface area contributed by atoms with Gasteiger partial charge in [-0.15, -0.1) is 0 Å². The highest BCUT2D eigenvalue weighted by Gasteiger charge is 2.23. The van der Waals surface area contributed by atoms with Gasteiger partial charge < -0.3 is 0 Å². The summed E-state index contributed by atoms with van der Waals surface area (Å²) in [6.07, 6.45) is 18.9. The van der Waals surface area contributed by atoms with Crippen LogP contribution in [0, 0.1) is 29.3 Å². The van der Waals surface area contributed by atoms with Crippen LogP contribution in [-0.2, 0) is 12.8 Å². The first-order chi connectivity index (χ1) is 13.6. The number of unbranched alkanes of at least 4 members (excludes halogenated alkanes) is 4. The lowest BCUT2D eigenvalue weighted by atomic mass is 9.77. The summed E-state index contributed by atoms with van der Waals surface area (Å²) in [5, 5.41) is 0. The van der Waals surface area contributed by atoms with Crippen LogP contribution in [0.1, 0.15) is 95.1 Å². The fraction of sp³-hybridized carbons (Fsp3) is 0.680. The molecule has 3 rings (SSSR count). The first-order valence-corrected chi connectivity index (χ1v) is 11.4. The van der Waals surface area contributed by atoms with Gasteiger partial charge >= 0.3 is 0 Å². The molecule has 0 aliphatic heterocycles. The first-order valence-electron chi connectivity index (χ1n) is 11.4. The van der Waals surface area contributed by atoms with Gasteiger partial charge in [-0.1, -0.05) is 82.8 Å². The zero-order chi connectivity index (χ0) is 19.9. The molecule has 0 N–H and O–H groups in total. The number of hydrogen-bond donors (Lipinski definition) is 0. The van der Waals surface area contributed by atoms with Crippen molar-refractivity contribution in [1.82, 2.24) is 0 Å². The Morgan fingerprint density at radius 2 is 1.54 bits per heavy atom. The summed E-state index contributed by atoms with van der Waals surface area (Å²) in [7, 11) is 0. The van der Waals surface area contributed by atoms with Crippen molar-refractivity contribution in [3.05, 3.63) is 46.3 Å². The lowest BCUT2D eigenvalue weighted by molar-refractivity contribution is 0.248. The van der Waals surface area contributed by atoms with Crippen molar-refractivity contribution < 1.29 is 13.2 Å². The van der Waals surface area contributed by atoms with E-state index in [1.807, 2.05) is 6.08 Å². The van der Waals surface area contributed by atoms with Gasteiger partial charge in [-0.3, -0.25) is 0 Å². The number of rotatable bonds is 9. The molecule has 1 aromatic rings. The molecule has 156 valence electrons. The minimum atomic E-state index is -1.34. The van der Waals surface area contributed by atoms with E-state index in [4.69, 9.17) is 0 Å². The largest absolute Gasteiger partial charge is 0.204 e. The highest BCUT2D eigenvalue weighted by molar-refractivity contribution is 5.39. The van der Waals surface area contributed by atoms with Gasteiger partial charge in [0, 0.05) is 0 Å². The van der Waals surface area contributed by atoms with Crippen molar-refractivity contribution in [3.8, 4) is 0 Å². The molecule has 2 aliphatic rings. The topological polar surface area (TPSA) is 0 Å². The highest BCUT2D eigenvalue weighted by Crippen LogP contribution is 2.36. The van der Waals surface area contributed by atoms with E-state index >= 15 is 0 Å². The third-order valence-corrected chi connectivity index (χ3v) is 6.92. The average Bonchev–Trinajstić information content (AvgIpc) is 2.71. The normalized spacial score (nSPS) is 22.1. The van der Waals surface area contributed by atoms with Gasteiger partial charge in [-0.05, 0) is 54.7 Å². The van der Waals surface area contributed by atoms with Crippen LogP contribution in [0.2, 0.25) is 0 Å². The van der Waals surface area contributed by atoms with Crippen LogP contribution in [0.25, 0.3) is 0 Å². The molecule has 0 nitrogen and oxygen atoms in total. The second kappa shape index (κ2) is 10.5. The Labute approximate surface area is 168 Å². The van der Waals surface area contributed by atoms with E-state index in [0.717, 1.165) is 18.3 Å². The first kappa shape index (κ1) is 21.5. The maximum Gasteiger partial charge on any atom is 0.194 e.